The summed E-state index contributed by atoms with van der Waals surface area (Å²) in [5, 5.41) is 2.98. The molecule has 3 nitrogen and oxygen atoms in total. The molecule has 18 heavy (non-hydrogen) atoms. The van der Waals surface area contributed by atoms with Gasteiger partial charge in [-0.05, 0) is 32.8 Å². The molecule has 0 bridgehead atoms. The fraction of sp³-hybridized carbons (Fsp3) is 0.533. The third kappa shape index (κ3) is 3.84. The second-order valence-electron chi connectivity index (χ2n) is 5.27. The maximum Gasteiger partial charge on any atom is 0.240 e. The Hall–Kier alpha value is -1.35. The third-order valence-corrected chi connectivity index (χ3v) is 3.21. The lowest BCUT2D eigenvalue weighted by atomic mass is 9.95. The number of benzene rings is 1. The van der Waals surface area contributed by atoms with E-state index in [-0.39, 0.29) is 11.9 Å². The van der Waals surface area contributed by atoms with Crippen molar-refractivity contribution in [2.24, 2.45) is 5.73 Å². The van der Waals surface area contributed by atoms with E-state index in [0.29, 0.717) is 6.42 Å². The van der Waals surface area contributed by atoms with E-state index in [1.165, 1.54) is 5.56 Å². The monoisotopic (exact) mass is 248 g/mol. The van der Waals surface area contributed by atoms with E-state index in [9.17, 15) is 4.79 Å². The van der Waals surface area contributed by atoms with Gasteiger partial charge in [0.15, 0.2) is 0 Å². The second-order valence-corrected chi connectivity index (χ2v) is 5.27. The zero-order chi connectivity index (χ0) is 13.8. The minimum absolute atomic E-state index is 0.0159. The molecule has 0 aliphatic heterocycles. The maximum atomic E-state index is 12.1. The largest absolute Gasteiger partial charge is 0.348 e. The van der Waals surface area contributed by atoms with Gasteiger partial charge in [0.05, 0.1) is 11.6 Å². The molecule has 1 amide bonds. The van der Waals surface area contributed by atoms with Crippen LogP contribution in [-0.4, -0.2) is 11.4 Å². The SMILES string of the molecule is CCCC(C)(N)C(=O)N[C@H](C)c1ccc(C)cc1. The second kappa shape index (κ2) is 6.01. The minimum Gasteiger partial charge on any atom is -0.348 e. The summed E-state index contributed by atoms with van der Waals surface area (Å²) in [6.07, 6.45) is 1.60. The summed E-state index contributed by atoms with van der Waals surface area (Å²) < 4.78 is 0. The number of hydrogen-bond donors (Lipinski definition) is 2. The van der Waals surface area contributed by atoms with Crippen LogP contribution in [0.1, 0.15) is 50.8 Å². The highest BCUT2D eigenvalue weighted by atomic mass is 16.2. The van der Waals surface area contributed by atoms with Crippen molar-refractivity contribution >= 4 is 5.91 Å². The molecule has 0 aliphatic rings. The van der Waals surface area contributed by atoms with E-state index >= 15 is 0 Å². The first-order chi connectivity index (χ1) is 8.36. The Morgan fingerprint density at radius 2 is 1.94 bits per heavy atom. The summed E-state index contributed by atoms with van der Waals surface area (Å²) in [7, 11) is 0. The summed E-state index contributed by atoms with van der Waals surface area (Å²) in [5.74, 6) is -0.0857. The standard InChI is InChI=1S/C15H24N2O/c1-5-10-15(4,16)14(18)17-12(3)13-8-6-11(2)7-9-13/h6-9,12H,5,10,16H2,1-4H3,(H,17,18)/t12-,15?/m1/s1. The molecule has 0 aliphatic carbocycles. The normalized spacial score (nSPS) is 15.8. The molecule has 1 aromatic rings. The van der Waals surface area contributed by atoms with Crippen molar-refractivity contribution in [3.05, 3.63) is 35.4 Å². The van der Waals surface area contributed by atoms with Gasteiger partial charge in [0.2, 0.25) is 5.91 Å². The summed E-state index contributed by atoms with van der Waals surface area (Å²) in [5.41, 5.74) is 7.54. The van der Waals surface area contributed by atoms with Gasteiger partial charge in [-0.1, -0.05) is 43.2 Å². The van der Waals surface area contributed by atoms with Crippen LogP contribution in [0.5, 0.6) is 0 Å². The van der Waals surface area contributed by atoms with Crippen LogP contribution in [0.4, 0.5) is 0 Å². The predicted molar refractivity (Wildman–Crippen MR) is 75.2 cm³/mol. The van der Waals surface area contributed by atoms with Gasteiger partial charge >= 0.3 is 0 Å². The molecule has 0 saturated carbocycles. The van der Waals surface area contributed by atoms with Gasteiger partial charge in [-0.15, -0.1) is 0 Å². The highest BCUT2D eigenvalue weighted by molar-refractivity contribution is 5.85. The topological polar surface area (TPSA) is 55.1 Å². The number of nitrogens with one attached hydrogen (secondary N) is 1. The Bertz CT molecular complexity index is 395. The van der Waals surface area contributed by atoms with Crippen molar-refractivity contribution in [3.8, 4) is 0 Å². The molecule has 0 aromatic heterocycles. The summed E-state index contributed by atoms with van der Waals surface area (Å²) >= 11 is 0. The predicted octanol–water partition coefficient (Wildman–Crippen LogP) is 2.69. The van der Waals surface area contributed by atoms with E-state index in [2.05, 4.69) is 5.32 Å². The van der Waals surface area contributed by atoms with Gasteiger partial charge in [0.25, 0.3) is 0 Å². The molecule has 3 heteroatoms. The molecular formula is C15H24N2O. The van der Waals surface area contributed by atoms with Crippen LogP contribution in [0.3, 0.4) is 0 Å². The van der Waals surface area contributed by atoms with Crippen molar-refractivity contribution in [1.29, 1.82) is 0 Å². The van der Waals surface area contributed by atoms with Crippen LogP contribution in [0.15, 0.2) is 24.3 Å². The molecule has 0 heterocycles. The first kappa shape index (κ1) is 14.7. The quantitative estimate of drug-likeness (QED) is 0.841. The van der Waals surface area contributed by atoms with Gasteiger partial charge in [-0.3, -0.25) is 4.79 Å². The summed E-state index contributed by atoms with van der Waals surface area (Å²) in [6.45, 7) is 7.84. The molecule has 2 atom stereocenters. The molecular weight excluding hydrogens is 224 g/mol. The number of rotatable bonds is 5. The Balaban J connectivity index is 2.67. The van der Waals surface area contributed by atoms with Crippen molar-refractivity contribution in [2.45, 2.75) is 52.1 Å². The molecule has 3 N–H and O–H groups in total. The highest BCUT2D eigenvalue weighted by Gasteiger charge is 2.28. The molecule has 0 saturated heterocycles. The number of carbonyl (C=O) groups excluding carboxylic acids is 1. The minimum atomic E-state index is -0.784. The Morgan fingerprint density at radius 1 is 1.39 bits per heavy atom. The molecule has 100 valence electrons. The molecule has 1 aromatic carbocycles. The smallest absolute Gasteiger partial charge is 0.240 e. The molecule has 1 rings (SSSR count). The van der Waals surface area contributed by atoms with Crippen molar-refractivity contribution in [1.82, 2.24) is 5.32 Å². The van der Waals surface area contributed by atoms with E-state index in [1.807, 2.05) is 45.0 Å². The Morgan fingerprint density at radius 3 is 2.44 bits per heavy atom. The van der Waals surface area contributed by atoms with Gasteiger partial charge in [0, 0.05) is 0 Å². The number of carbonyl (C=O) groups is 1. The van der Waals surface area contributed by atoms with Crippen molar-refractivity contribution < 1.29 is 4.79 Å². The number of nitrogens with two attached hydrogens (primary N) is 1. The summed E-state index contributed by atoms with van der Waals surface area (Å²) in [4.78, 5) is 12.1. The fourth-order valence-corrected chi connectivity index (χ4v) is 1.93. The zero-order valence-electron chi connectivity index (χ0n) is 11.8. The van der Waals surface area contributed by atoms with Crippen LogP contribution < -0.4 is 11.1 Å². The average molecular weight is 248 g/mol. The molecule has 0 radical (unpaired) electrons. The maximum absolute atomic E-state index is 12.1. The van der Waals surface area contributed by atoms with Crippen LogP contribution in [0, 0.1) is 6.92 Å². The van der Waals surface area contributed by atoms with Crippen molar-refractivity contribution in [3.63, 3.8) is 0 Å². The van der Waals surface area contributed by atoms with Gasteiger partial charge < -0.3 is 11.1 Å². The number of hydrogen-bond acceptors (Lipinski definition) is 2. The lowest BCUT2D eigenvalue weighted by molar-refractivity contribution is -0.126. The summed E-state index contributed by atoms with van der Waals surface area (Å²) in [6, 6.07) is 8.15. The number of aryl methyl sites for hydroxylation is 1. The fourth-order valence-electron chi connectivity index (χ4n) is 1.93. The molecule has 0 spiro atoms. The highest BCUT2D eigenvalue weighted by Crippen LogP contribution is 2.15. The Labute approximate surface area is 110 Å². The first-order valence-corrected chi connectivity index (χ1v) is 6.53. The van der Waals surface area contributed by atoms with E-state index in [4.69, 9.17) is 5.73 Å². The average Bonchev–Trinajstić information content (AvgIpc) is 2.29. The number of amides is 1. The van der Waals surface area contributed by atoms with Crippen molar-refractivity contribution in [2.75, 3.05) is 0 Å². The van der Waals surface area contributed by atoms with E-state index in [1.54, 1.807) is 6.92 Å². The van der Waals surface area contributed by atoms with Crippen LogP contribution >= 0.6 is 0 Å². The van der Waals surface area contributed by atoms with Gasteiger partial charge in [-0.25, -0.2) is 0 Å². The Kier molecular flexibility index (Phi) is 4.91. The van der Waals surface area contributed by atoms with E-state index < -0.39 is 5.54 Å². The molecule has 1 unspecified atom stereocenters. The third-order valence-electron chi connectivity index (χ3n) is 3.21. The lowest BCUT2D eigenvalue weighted by Gasteiger charge is -2.25. The molecule has 0 fully saturated rings. The zero-order valence-corrected chi connectivity index (χ0v) is 11.8. The van der Waals surface area contributed by atoms with Gasteiger partial charge in [-0.2, -0.15) is 0 Å². The first-order valence-electron chi connectivity index (χ1n) is 6.53. The van der Waals surface area contributed by atoms with Crippen LogP contribution in [0.2, 0.25) is 0 Å². The van der Waals surface area contributed by atoms with Gasteiger partial charge in [0.1, 0.15) is 0 Å². The lowest BCUT2D eigenvalue weighted by Crippen LogP contribution is -2.52. The van der Waals surface area contributed by atoms with E-state index in [0.717, 1.165) is 12.0 Å². The van der Waals surface area contributed by atoms with Crippen LogP contribution in [-0.2, 0) is 4.79 Å². The van der Waals surface area contributed by atoms with Crippen LogP contribution in [0.25, 0.3) is 0 Å².